The van der Waals surface area contributed by atoms with Gasteiger partial charge in [0.25, 0.3) is 16.0 Å². The van der Waals surface area contributed by atoms with Crippen molar-refractivity contribution in [2.45, 2.75) is 26.3 Å². The van der Waals surface area contributed by atoms with Gasteiger partial charge in [0.05, 0.1) is 5.75 Å². The summed E-state index contributed by atoms with van der Waals surface area (Å²) in [4.78, 5) is 14.1. The zero-order valence-electron chi connectivity index (χ0n) is 14.4. The number of nitrogens with zero attached hydrogens (tertiary/aromatic N) is 1. The van der Waals surface area contributed by atoms with Crippen LogP contribution in [0, 0.1) is 0 Å². The molecule has 0 aromatic heterocycles. The highest BCUT2D eigenvalue weighted by Crippen LogP contribution is 2.12. The third-order valence-corrected chi connectivity index (χ3v) is 4.19. The molecule has 1 aliphatic rings. The molecule has 0 spiro atoms. The Morgan fingerprint density at radius 3 is 2.38 bits per heavy atom. The molecule has 0 aliphatic heterocycles. The van der Waals surface area contributed by atoms with Crippen molar-refractivity contribution in [1.82, 2.24) is 10.2 Å². The third kappa shape index (κ3) is 8.24. The molecule has 1 amide bonds. The molecule has 0 bridgehead atoms. The summed E-state index contributed by atoms with van der Waals surface area (Å²) in [5, 5.41) is 2.83. The lowest BCUT2D eigenvalue weighted by molar-refractivity contribution is -0.117. The molecule has 1 rings (SSSR count). The molecule has 7 heteroatoms. The van der Waals surface area contributed by atoms with Crippen LogP contribution in [0.1, 0.15) is 20.8 Å². The van der Waals surface area contributed by atoms with Crippen LogP contribution in [0.15, 0.2) is 48.1 Å². The van der Waals surface area contributed by atoms with E-state index in [1.807, 2.05) is 43.9 Å². The number of nitrogens with one attached hydrogen (secondary N) is 1. The van der Waals surface area contributed by atoms with Crippen LogP contribution in [0.2, 0.25) is 0 Å². The van der Waals surface area contributed by atoms with Crippen molar-refractivity contribution >= 4 is 16.0 Å². The highest BCUT2D eigenvalue weighted by Gasteiger charge is 2.22. The van der Waals surface area contributed by atoms with Gasteiger partial charge in [0.2, 0.25) is 0 Å². The quantitative estimate of drug-likeness (QED) is 0.680. The summed E-state index contributed by atoms with van der Waals surface area (Å²) in [6.45, 7) is 6.93. The first-order chi connectivity index (χ1) is 11.1. The van der Waals surface area contributed by atoms with Crippen LogP contribution in [-0.4, -0.2) is 54.7 Å². The van der Waals surface area contributed by atoms with Gasteiger partial charge in [0.15, 0.2) is 0 Å². The van der Waals surface area contributed by atoms with Gasteiger partial charge in [-0.3, -0.25) is 14.2 Å². The lowest BCUT2D eigenvalue weighted by Gasteiger charge is -2.35. The predicted octanol–water partition coefficient (Wildman–Crippen LogP) is 1.70. The van der Waals surface area contributed by atoms with Crippen molar-refractivity contribution in [3.8, 4) is 0 Å². The molecule has 6 nitrogen and oxygen atoms in total. The van der Waals surface area contributed by atoms with Gasteiger partial charge in [-0.05, 0) is 32.9 Å². The van der Waals surface area contributed by atoms with Gasteiger partial charge in [-0.25, -0.2) is 0 Å². The molecular formula is C17H26N2O4S. The number of hydrogen-bond donors (Lipinski definition) is 2. The number of hydrogen-bond acceptors (Lipinski definition) is 4. The van der Waals surface area contributed by atoms with E-state index in [1.54, 1.807) is 24.3 Å². The van der Waals surface area contributed by atoms with E-state index >= 15 is 0 Å². The van der Waals surface area contributed by atoms with Crippen LogP contribution in [0.25, 0.3) is 0 Å². The summed E-state index contributed by atoms with van der Waals surface area (Å²) in [6, 6.07) is 0. The van der Waals surface area contributed by atoms with Crippen LogP contribution in [0.5, 0.6) is 0 Å². The van der Waals surface area contributed by atoms with E-state index in [-0.39, 0.29) is 23.7 Å². The Morgan fingerprint density at radius 2 is 1.75 bits per heavy atom. The molecule has 0 saturated heterocycles. The fourth-order valence-electron chi connectivity index (χ4n) is 2.13. The standard InChI is InChI=1S/C17H26N2O4S/c1-17(2,3)19(13-14-24(21,22)23)12-11-18-16(20)15-9-7-5-4-6-8-10-15/h4-10H,11-14H2,1-3H3,(H,18,20)(H,21,22,23)/b5-4-,6-4?,7-5?,8-6-,9-7?,10-8?,15-9?,15-10?. The van der Waals surface area contributed by atoms with Gasteiger partial charge in [-0.15, -0.1) is 0 Å². The molecule has 1 aliphatic carbocycles. The Morgan fingerprint density at radius 1 is 1.12 bits per heavy atom. The van der Waals surface area contributed by atoms with Crippen molar-refractivity contribution in [1.29, 1.82) is 0 Å². The van der Waals surface area contributed by atoms with Crippen molar-refractivity contribution in [2.24, 2.45) is 0 Å². The summed E-state index contributed by atoms with van der Waals surface area (Å²) in [5.41, 5.74) is 0.276. The minimum Gasteiger partial charge on any atom is -0.351 e. The first-order valence-corrected chi connectivity index (χ1v) is 9.40. The summed E-state index contributed by atoms with van der Waals surface area (Å²) < 4.78 is 30.8. The van der Waals surface area contributed by atoms with Crippen molar-refractivity contribution in [2.75, 3.05) is 25.4 Å². The number of carbonyl (C=O) groups excluding carboxylic acids is 1. The fourth-order valence-corrected chi connectivity index (χ4v) is 2.58. The van der Waals surface area contributed by atoms with E-state index in [4.69, 9.17) is 4.55 Å². The van der Waals surface area contributed by atoms with Gasteiger partial charge in [-0.2, -0.15) is 8.42 Å². The first-order valence-electron chi connectivity index (χ1n) is 7.80. The van der Waals surface area contributed by atoms with Crippen LogP contribution in [0.4, 0.5) is 0 Å². The number of rotatable bonds is 7. The smallest absolute Gasteiger partial charge is 0.266 e. The van der Waals surface area contributed by atoms with Gasteiger partial charge in [0.1, 0.15) is 0 Å². The zero-order valence-corrected chi connectivity index (χ0v) is 15.2. The second-order valence-electron chi connectivity index (χ2n) is 6.45. The Kier molecular flexibility index (Phi) is 7.59. The minimum absolute atomic E-state index is 0.185. The number of allylic oxidation sites excluding steroid dienone is 6. The molecule has 0 unspecified atom stereocenters. The summed E-state index contributed by atoms with van der Waals surface area (Å²) in [7, 11) is -4.01. The molecule has 0 fully saturated rings. The second kappa shape index (κ2) is 8.96. The Hall–Kier alpha value is -1.70. The molecule has 24 heavy (non-hydrogen) atoms. The Balaban J connectivity index is 2.56. The third-order valence-electron chi connectivity index (χ3n) is 3.49. The van der Waals surface area contributed by atoms with Crippen LogP contribution >= 0.6 is 0 Å². The van der Waals surface area contributed by atoms with Crippen molar-refractivity contribution in [3.05, 3.63) is 48.1 Å². The molecule has 2 N–H and O–H groups in total. The molecule has 0 aromatic carbocycles. The van der Waals surface area contributed by atoms with Gasteiger partial charge in [-0.1, -0.05) is 30.4 Å². The highest BCUT2D eigenvalue weighted by molar-refractivity contribution is 7.85. The Labute approximate surface area is 144 Å². The van der Waals surface area contributed by atoms with E-state index < -0.39 is 10.1 Å². The average molecular weight is 354 g/mol. The lowest BCUT2D eigenvalue weighted by Crippen LogP contribution is -2.47. The minimum atomic E-state index is -4.01. The van der Waals surface area contributed by atoms with Gasteiger partial charge < -0.3 is 5.32 Å². The molecule has 0 saturated carbocycles. The first kappa shape index (κ1) is 20.3. The molecule has 0 atom stereocenters. The normalized spacial score (nSPS) is 17.8. The fraction of sp³-hybridized carbons (Fsp3) is 0.471. The summed E-state index contributed by atoms with van der Waals surface area (Å²) in [6.07, 6.45) is 12.6. The molecule has 0 radical (unpaired) electrons. The van der Waals surface area contributed by atoms with E-state index in [0.29, 0.717) is 18.7 Å². The maximum absolute atomic E-state index is 12.2. The monoisotopic (exact) mass is 354 g/mol. The maximum atomic E-state index is 12.2. The van der Waals surface area contributed by atoms with Crippen LogP contribution in [-0.2, 0) is 14.9 Å². The summed E-state index contributed by atoms with van der Waals surface area (Å²) in [5.74, 6) is -0.515. The zero-order chi connectivity index (χ0) is 18.2. The molecular weight excluding hydrogens is 328 g/mol. The summed E-state index contributed by atoms with van der Waals surface area (Å²) >= 11 is 0. The van der Waals surface area contributed by atoms with E-state index in [0.717, 1.165) is 0 Å². The SMILES string of the molecule is CC(C)(C)N(CCNC(=O)C1=C/C=C\C=C/C=C1)CCS(=O)(=O)O. The van der Waals surface area contributed by atoms with Crippen LogP contribution in [0.3, 0.4) is 0 Å². The Bertz CT molecular complexity index is 653. The highest BCUT2D eigenvalue weighted by atomic mass is 32.2. The lowest BCUT2D eigenvalue weighted by atomic mass is 10.1. The van der Waals surface area contributed by atoms with Crippen molar-refractivity contribution in [3.63, 3.8) is 0 Å². The second-order valence-corrected chi connectivity index (χ2v) is 8.02. The number of amides is 1. The van der Waals surface area contributed by atoms with E-state index in [9.17, 15) is 13.2 Å². The molecule has 0 aromatic rings. The molecule has 134 valence electrons. The largest absolute Gasteiger partial charge is 0.351 e. The van der Waals surface area contributed by atoms with E-state index in [2.05, 4.69) is 5.32 Å². The van der Waals surface area contributed by atoms with E-state index in [1.165, 1.54) is 0 Å². The topological polar surface area (TPSA) is 86.7 Å². The van der Waals surface area contributed by atoms with Crippen molar-refractivity contribution < 1.29 is 17.8 Å². The average Bonchev–Trinajstić information content (AvgIpc) is 2.39. The van der Waals surface area contributed by atoms with Crippen LogP contribution < -0.4 is 5.32 Å². The predicted molar refractivity (Wildman–Crippen MR) is 96.3 cm³/mol. The molecule has 0 heterocycles. The van der Waals surface area contributed by atoms with Gasteiger partial charge in [0, 0.05) is 30.7 Å². The van der Waals surface area contributed by atoms with Gasteiger partial charge >= 0.3 is 0 Å². The maximum Gasteiger partial charge on any atom is 0.266 e. The number of carbonyl (C=O) groups is 1.